The zero-order valence-electron chi connectivity index (χ0n) is 17.4. The summed E-state index contributed by atoms with van der Waals surface area (Å²) in [5.74, 6) is 1.57. The monoisotopic (exact) mass is 438 g/mol. The Bertz CT molecular complexity index is 1140. The second kappa shape index (κ2) is 8.77. The molecule has 3 aromatic rings. The molecule has 160 valence electrons. The van der Waals surface area contributed by atoms with Crippen LogP contribution in [-0.2, 0) is 11.4 Å². The van der Waals surface area contributed by atoms with E-state index in [9.17, 15) is 4.79 Å². The normalized spacial score (nSPS) is 13.5. The lowest BCUT2D eigenvalue weighted by Gasteiger charge is -2.20. The SMILES string of the molecule is Cc1ccc(Nc2nc(N)nc(COc3cccc(N4CCCC4=O)c3C)n2)cc1Cl. The Kier molecular flexibility index (Phi) is 5.90. The number of carbonyl (C=O) groups excluding carboxylic acids is 1. The average Bonchev–Trinajstić information content (AvgIpc) is 3.15. The molecule has 1 saturated heterocycles. The molecule has 0 radical (unpaired) electrons. The van der Waals surface area contributed by atoms with Gasteiger partial charge in [0.2, 0.25) is 17.8 Å². The molecule has 2 aromatic carbocycles. The number of nitrogen functional groups attached to an aromatic ring is 1. The Morgan fingerprint density at radius 2 is 2.03 bits per heavy atom. The molecule has 1 aliphatic rings. The number of nitrogens with one attached hydrogen (secondary N) is 1. The van der Waals surface area contributed by atoms with Gasteiger partial charge < -0.3 is 20.7 Å². The average molecular weight is 439 g/mol. The molecule has 4 rings (SSSR count). The molecule has 9 heteroatoms. The quantitative estimate of drug-likeness (QED) is 0.594. The fraction of sp³-hybridized carbons (Fsp3) is 0.273. The third-order valence-electron chi connectivity index (χ3n) is 5.10. The largest absolute Gasteiger partial charge is 0.485 e. The number of hydrogen-bond donors (Lipinski definition) is 2. The number of rotatable bonds is 6. The summed E-state index contributed by atoms with van der Waals surface area (Å²) in [6, 6.07) is 11.2. The van der Waals surface area contributed by atoms with Crippen molar-refractivity contribution in [3.63, 3.8) is 0 Å². The van der Waals surface area contributed by atoms with Gasteiger partial charge in [-0.05, 0) is 50.1 Å². The van der Waals surface area contributed by atoms with Gasteiger partial charge in [-0.3, -0.25) is 4.79 Å². The van der Waals surface area contributed by atoms with Gasteiger partial charge in [-0.2, -0.15) is 15.0 Å². The summed E-state index contributed by atoms with van der Waals surface area (Å²) in [5.41, 5.74) is 9.34. The Morgan fingerprint density at radius 1 is 1.19 bits per heavy atom. The minimum absolute atomic E-state index is 0.0856. The van der Waals surface area contributed by atoms with Crippen LogP contribution in [0.3, 0.4) is 0 Å². The Hall–Kier alpha value is -3.39. The summed E-state index contributed by atoms with van der Waals surface area (Å²) in [5, 5.41) is 3.73. The van der Waals surface area contributed by atoms with Crippen LogP contribution in [0.4, 0.5) is 23.3 Å². The highest BCUT2D eigenvalue weighted by Crippen LogP contribution is 2.31. The van der Waals surface area contributed by atoms with Crippen molar-refractivity contribution < 1.29 is 9.53 Å². The van der Waals surface area contributed by atoms with Crippen LogP contribution >= 0.6 is 11.6 Å². The zero-order chi connectivity index (χ0) is 22.0. The van der Waals surface area contributed by atoms with Gasteiger partial charge in [-0.15, -0.1) is 0 Å². The van der Waals surface area contributed by atoms with Gasteiger partial charge in [0.15, 0.2) is 5.82 Å². The number of hydrogen-bond acceptors (Lipinski definition) is 7. The molecule has 0 saturated carbocycles. The first-order valence-corrected chi connectivity index (χ1v) is 10.3. The van der Waals surface area contributed by atoms with Crippen molar-refractivity contribution in [1.29, 1.82) is 0 Å². The van der Waals surface area contributed by atoms with Gasteiger partial charge in [-0.25, -0.2) is 0 Å². The Morgan fingerprint density at radius 3 is 2.77 bits per heavy atom. The first-order chi connectivity index (χ1) is 14.9. The number of nitrogens with two attached hydrogens (primary N) is 1. The van der Waals surface area contributed by atoms with E-state index in [4.69, 9.17) is 22.1 Å². The van der Waals surface area contributed by atoms with Crippen molar-refractivity contribution in [3.8, 4) is 5.75 Å². The summed E-state index contributed by atoms with van der Waals surface area (Å²) >= 11 is 6.18. The smallest absolute Gasteiger partial charge is 0.232 e. The molecule has 1 amide bonds. The molecule has 2 heterocycles. The number of amides is 1. The molecule has 0 spiro atoms. The Labute approximate surface area is 185 Å². The van der Waals surface area contributed by atoms with Gasteiger partial charge in [-0.1, -0.05) is 23.7 Å². The van der Waals surface area contributed by atoms with Crippen LogP contribution in [0.5, 0.6) is 5.75 Å². The summed E-state index contributed by atoms with van der Waals surface area (Å²) < 4.78 is 5.96. The molecule has 1 aliphatic heterocycles. The molecule has 0 atom stereocenters. The molecule has 0 aliphatic carbocycles. The molecule has 1 fully saturated rings. The van der Waals surface area contributed by atoms with E-state index in [2.05, 4.69) is 20.3 Å². The highest BCUT2D eigenvalue weighted by molar-refractivity contribution is 6.31. The van der Waals surface area contributed by atoms with Gasteiger partial charge in [0.25, 0.3) is 0 Å². The minimum atomic E-state index is 0.0856. The van der Waals surface area contributed by atoms with E-state index in [0.29, 0.717) is 29.0 Å². The molecule has 0 unspecified atom stereocenters. The van der Waals surface area contributed by atoms with Crippen molar-refractivity contribution >= 4 is 40.8 Å². The molecule has 0 bridgehead atoms. The number of anilines is 4. The van der Waals surface area contributed by atoms with Crippen molar-refractivity contribution in [2.24, 2.45) is 0 Å². The highest BCUT2D eigenvalue weighted by Gasteiger charge is 2.24. The van der Waals surface area contributed by atoms with Gasteiger partial charge in [0.1, 0.15) is 12.4 Å². The number of ether oxygens (including phenoxy) is 1. The number of aryl methyl sites for hydroxylation is 1. The molecular formula is C22H23ClN6O2. The van der Waals surface area contributed by atoms with Crippen LogP contribution in [0.2, 0.25) is 5.02 Å². The van der Waals surface area contributed by atoms with E-state index in [1.54, 1.807) is 11.0 Å². The fourth-order valence-electron chi connectivity index (χ4n) is 3.45. The van der Waals surface area contributed by atoms with Crippen molar-refractivity contribution in [1.82, 2.24) is 15.0 Å². The maximum Gasteiger partial charge on any atom is 0.232 e. The maximum atomic E-state index is 12.1. The highest BCUT2D eigenvalue weighted by atomic mass is 35.5. The first-order valence-electron chi connectivity index (χ1n) is 9.97. The second-order valence-electron chi connectivity index (χ2n) is 7.36. The maximum absolute atomic E-state index is 12.1. The second-order valence-corrected chi connectivity index (χ2v) is 7.77. The standard InChI is InChI=1S/C22H23ClN6O2/c1-13-8-9-15(11-16(13)23)25-22-27-19(26-21(24)28-22)12-31-18-6-3-5-17(14(18)2)29-10-4-7-20(29)30/h3,5-6,8-9,11H,4,7,10,12H2,1-2H3,(H3,24,25,26,27,28). The third kappa shape index (κ3) is 4.69. The van der Waals surface area contributed by atoms with Gasteiger partial charge >= 0.3 is 0 Å². The van der Waals surface area contributed by atoms with E-state index in [0.717, 1.165) is 35.5 Å². The van der Waals surface area contributed by atoms with E-state index in [-0.39, 0.29) is 18.5 Å². The van der Waals surface area contributed by atoms with Crippen LogP contribution in [0.25, 0.3) is 0 Å². The predicted molar refractivity (Wildman–Crippen MR) is 121 cm³/mol. The molecule has 31 heavy (non-hydrogen) atoms. The topological polar surface area (TPSA) is 106 Å². The van der Waals surface area contributed by atoms with Crippen LogP contribution in [0.1, 0.15) is 29.8 Å². The lowest BCUT2D eigenvalue weighted by molar-refractivity contribution is -0.117. The fourth-order valence-corrected chi connectivity index (χ4v) is 3.64. The van der Waals surface area contributed by atoms with E-state index in [1.807, 2.05) is 44.2 Å². The van der Waals surface area contributed by atoms with Crippen molar-refractivity contribution in [2.45, 2.75) is 33.3 Å². The molecule has 8 nitrogen and oxygen atoms in total. The van der Waals surface area contributed by atoms with Crippen molar-refractivity contribution in [3.05, 3.63) is 58.4 Å². The summed E-state index contributed by atoms with van der Waals surface area (Å²) in [4.78, 5) is 26.6. The Balaban J connectivity index is 1.50. The number of halogens is 1. The molecule has 3 N–H and O–H groups in total. The van der Waals surface area contributed by atoms with E-state index >= 15 is 0 Å². The zero-order valence-corrected chi connectivity index (χ0v) is 18.1. The lowest BCUT2D eigenvalue weighted by atomic mass is 10.1. The summed E-state index contributed by atoms with van der Waals surface area (Å²) in [6.07, 6.45) is 1.45. The van der Waals surface area contributed by atoms with Crippen LogP contribution in [0, 0.1) is 13.8 Å². The van der Waals surface area contributed by atoms with Gasteiger partial charge in [0, 0.05) is 29.2 Å². The van der Waals surface area contributed by atoms with E-state index < -0.39 is 0 Å². The number of nitrogens with zero attached hydrogens (tertiary/aromatic N) is 4. The van der Waals surface area contributed by atoms with Crippen LogP contribution in [0.15, 0.2) is 36.4 Å². The molecule has 1 aromatic heterocycles. The van der Waals surface area contributed by atoms with Crippen molar-refractivity contribution in [2.75, 3.05) is 22.5 Å². The number of aromatic nitrogens is 3. The first kappa shape index (κ1) is 20.9. The van der Waals surface area contributed by atoms with Crippen LogP contribution in [-0.4, -0.2) is 27.4 Å². The van der Waals surface area contributed by atoms with E-state index in [1.165, 1.54) is 0 Å². The number of carbonyl (C=O) groups is 1. The number of benzene rings is 2. The predicted octanol–water partition coefficient (Wildman–Crippen LogP) is 4.17. The van der Waals surface area contributed by atoms with Crippen LogP contribution < -0.4 is 20.7 Å². The lowest BCUT2D eigenvalue weighted by Crippen LogP contribution is -2.24. The summed E-state index contributed by atoms with van der Waals surface area (Å²) in [7, 11) is 0. The van der Waals surface area contributed by atoms with Gasteiger partial charge in [0.05, 0.1) is 5.69 Å². The minimum Gasteiger partial charge on any atom is -0.485 e. The summed E-state index contributed by atoms with van der Waals surface area (Å²) in [6.45, 7) is 4.70. The third-order valence-corrected chi connectivity index (χ3v) is 5.51. The molecular weight excluding hydrogens is 416 g/mol.